The molecular formula is C11H11BrF3NO3S. The fourth-order valence-electron chi connectivity index (χ4n) is 1.39. The molecule has 1 aromatic carbocycles. The van der Waals surface area contributed by atoms with Crippen LogP contribution in [0.25, 0.3) is 0 Å². The SMILES string of the molecule is CS(=O)(=O)CCNC(=O)c1ccc(Br)cc1C(F)(F)F. The van der Waals surface area contributed by atoms with Crippen LogP contribution in [0.4, 0.5) is 13.2 Å². The van der Waals surface area contributed by atoms with E-state index in [2.05, 4.69) is 21.2 Å². The molecule has 0 unspecified atom stereocenters. The highest BCUT2D eigenvalue weighted by molar-refractivity contribution is 9.10. The fourth-order valence-corrected chi connectivity index (χ4v) is 2.23. The average Bonchev–Trinajstić information content (AvgIpc) is 2.25. The Morgan fingerprint density at radius 3 is 2.45 bits per heavy atom. The molecule has 0 saturated carbocycles. The van der Waals surface area contributed by atoms with Crippen molar-refractivity contribution >= 4 is 31.7 Å². The topological polar surface area (TPSA) is 63.2 Å². The first-order valence-corrected chi connectivity index (χ1v) is 8.19. The second kappa shape index (κ2) is 6.13. The summed E-state index contributed by atoms with van der Waals surface area (Å²) in [6.45, 7) is -0.245. The third-order valence-electron chi connectivity index (χ3n) is 2.29. The van der Waals surface area contributed by atoms with Crippen LogP contribution in [0.15, 0.2) is 22.7 Å². The minimum atomic E-state index is -4.67. The summed E-state index contributed by atoms with van der Waals surface area (Å²) in [5, 5.41) is 2.15. The lowest BCUT2D eigenvalue weighted by atomic mass is 10.1. The van der Waals surface area contributed by atoms with Crippen LogP contribution in [0.5, 0.6) is 0 Å². The highest BCUT2D eigenvalue weighted by Gasteiger charge is 2.35. The molecule has 0 heterocycles. The molecule has 1 rings (SSSR count). The lowest BCUT2D eigenvalue weighted by Crippen LogP contribution is -2.30. The van der Waals surface area contributed by atoms with Crippen molar-refractivity contribution < 1.29 is 26.4 Å². The largest absolute Gasteiger partial charge is 0.417 e. The van der Waals surface area contributed by atoms with E-state index >= 15 is 0 Å². The summed E-state index contributed by atoms with van der Waals surface area (Å²) in [4.78, 5) is 11.7. The second-order valence-corrected chi connectivity index (χ2v) is 7.25. The number of sulfone groups is 1. The Kier molecular flexibility index (Phi) is 5.20. The summed E-state index contributed by atoms with van der Waals surface area (Å²) < 4.78 is 60.4. The van der Waals surface area contributed by atoms with E-state index in [4.69, 9.17) is 0 Å². The van der Waals surface area contributed by atoms with Gasteiger partial charge in [-0.25, -0.2) is 8.42 Å². The summed E-state index contributed by atoms with van der Waals surface area (Å²) in [6, 6.07) is 3.13. The molecule has 0 radical (unpaired) electrons. The van der Waals surface area contributed by atoms with E-state index in [0.29, 0.717) is 0 Å². The van der Waals surface area contributed by atoms with Gasteiger partial charge in [-0.15, -0.1) is 0 Å². The van der Waals surface area contributed by atoms with Crippen molar-refractivity contribution in [3.05, 3.63) is 33.8 Å². The smallest absolute Gasteiger partial charge is 0.351 e. The van der Waals surface area contributed by atoms with Crippen molar-refractivity contribution in [3.63, 3.8) is 0 Å². The molecule has 0 aliphatic rings. The number of alkyl halides is 3. The monoisotopic (exact) mass is 373 g/mol. The first-order valence-electron chi connectivity index (χ1n) is 5.33. The first kappa shape index (κ1) is 17.0. The highest BCUT2D eigenvalue weighted by Crippen LogP contribution is 2.33. The van der Waals surface area contributed by atoms with Gasteiger partial charge in [0.2, 0.25) is 0 Å². The fraction of sp³-hybridized carbons (Fsp3) is 0.364. The molecule has 4 nitrogen and oxygen atoms in total. The number of benzene rings is 1. The number of rotatable bonds is 4. The Morgan fingerprint density at radius 1 is 1.35 bits per heavy atom. The number of halogens is 4. The summed E-state index contributed by atoms with van der Waals surface area (Å²) in [5.74, 6) is -1.30. The number of nitrogens with one attached hydrogen (secondary N) is 1. The number of carbonyl (C=O) groups excluding carboxylic acids is 1. The number of carbonyl (C=O) groups is 1. The molecule has 0 aliphatic heterocycles. The summed E-state index contributed by atoms with van der Waals surface area (Å²) in [5.41, 5.74) is -1.63. The van der Waals surface area contributed by atoms with Gasteiger partial charge in [-0.05, 0) is 18.2 Å². The Morgan fingerprint density at radius 2 is 1.95 bits per heavy atom. The molecule has 0 fully saturated rings. The van der Waals surface area contributed by atoms with Gasteiger partial charge in [-0.3, -0.25) is 4.79 Å². The van der Waals surface area contributed by atoms with Gasteiger partial charge in [0.1, 0.15) is 9.84 Å². The van der Waals surface area contributed by atoms with Crippen molar-refractivity contribution in [1.29, 1.82) is 0 Å². The molecule has 1 N–H and O–H groups in total. The van der Waals surface area contributed by atoms with Crippen LogP contribution in [-0.4, -0.2) is 32.9 Å². The first-order chi connectivity index (χ1) is 9.00. The minimum Gasteiger partial charge on any atom is -0.351 e. The van der Waals surface area contributed by atoms with Crippen LogP contribution in [-0.2, 0) is 16.0 Å². The van der Waals surface area contributed by atoms with Gasteiger partial charge < -0.3 is 5.32 Å². The Bertz CT molecular complexity index is 614. The maximum Gasteiger partial charge on any atom is 0.417 e. The maximum absolute atomic E-state index is 12.8. The van der Waals surface area contributed by atoms with Crippen molar-refractivity contribution in [2.45, 2.75) is 6.18 Å². The van der Waals surface area contributed by atoms with Crippen LogP contribution in [0.3, 0.4) is 0 Å². The Labute approximate surface area is 122 Å². The predicted octanol–water partition coefficient (Wildman–Crippen LogP) is 2.24. The normalized spacial score (nSPS) is 12.2. The highest BCUT2D eigenvalue weighted by atomic mass is 79.9. The number of hydrogen-bond donors (Lipinski definition) is 1. The predicted molar refractivity (Wildman–Crippen MR) is 71.2 cm³/mol. The molecule has 0 aliphatic carbocycles. The van der Waals surface area contributed by atoms with Crippen molar-refractivity contribution in [2.24, 2.45) is 0 Å². The summed E-state index contributed by atoms with van der Waals surface area (Å²) >= 11 is 2.91. The van der Waals surface area contributed by atoms with E-state index in [9.17, 15) is 26.4 Å². The molecule has 0 spiro atoms. The average molecular weight is 374 g/mol. The molecular weight excluding hydrogens is 363 g/mol. The van der Waals surface area contributed by atoms with E-state index in [1.165, 1.54) is 6.07 Å². The van der Waals surface area contributed by atoms with Gasteiger partial charge in [0.25, 0.3) is 5.91 Å². The lowest BCUT2D eigenvalue weighted by Gasteiger charge is -2.13. The van der Waals surface area contributed by atoms with Gasteiger partial charge in [-0.2, -0.15) is 13.2 Å². The molecule has 0 aromatic heterocycles. The zero-order valence-electron chi connectivity index (χ0n) is 10.3. The second-order valence-electron chi connectivity index (χ2n) is 4.07. The number of hydrogen-bond acceptors (Lipinski definition) is 3. The minimum absolute atomic E-state index is 0.192. The maximum atomic E-state index is 12.8. The zero-order chi connectivity index (χ0) is 15.6. The van der Waals surface area contributed by atoms with E-state index in [0.717, 1.165) is 18.4 Å². The van der Waals surface area contributed by atoms with Gasteiger partial charge >= 0.3 is 6.18 Å². The zero-order valence-corrected chi connectivity index (χ0v) is 12.7. The quantitative estimate of drug-likeness (QED) is 0.880. The van der Waals surface area contributed by atoms with Gasteiger partial charge in [0, 0.05) is 17.3 Å². The van der Waals surface area contributed by atoms with Crippen LogP contribution in [0.1, 0.15) is 15.9 Å². The molecule has 112 valence electrons. The third-order valence-corrected chi connectivity index (χ3v) is 3.73. The molecule has 1 aromatic rings. The van der Waals surface area contributed by atoms with Crippen molar-refractivity contribution in [2.75, 3.05) is 18.6 Å². The lowest BCUT2D eigenvalue weighted by molar-refractivity contribution is -0.138. The van der Waals surface area contributed by atoms with Crippen molar-refractivity contribution in [1.82, 2.24) is 5.32 Å². The molecule has 0 atom stereocenters. The third kappa shape index (κ3) is 5.12. The molecule has 20 heavy (non-hydrogen) atoms. The van der Waals surface area contributed by atoms with Crippen LogP contribution < -0.4 is 5.32 Å². The molecule has 9 heteroatoms. The Hall–Kier alpha value is -1.09. The van der Waals surface area contributed by atoms with Gasteiger partial charge in [0.15, 0.2) is 0 Å². The summed E-state index contributed by atoms with van der Waals surface area (Å²) in [7, 11) is -3.29. The standard InChI is InChI=1S/C11H11BrF3NO3S/c1-20(18,19)5-4-16-10(17)8-3-2-7(12)6-9(8)11(13,14)15/h2-3,6H,4-5H2,1H3,(H,16,17). The molecule has 0 bridgehead atoms. The van der Waals surface area contributed by atoms with E-state index in [-0.39, 0.29) is 16.8 Å². The van der Waals surface area contributed by atoms with E-state index in [1.807, 2.05) is 0 Å². The van der Waals surface area contributed by atoms with Gasteiger partial charge in [0.05, 0.1) is 16.9 Å². The van der Waals surface area contributed by atoms with Crippen molar-refractivity contribution in [3.8, 4) is 0 Å². The number of amides is 1. The van der Waals surface area contributed by atoms with Gasteiger partial charge in [-0.1, -0.05) is 15.9 Å². The Balaban J connectivity index is 2.93. The molecule has 0 saturated heterocycles. The molecule has 1 amide bonds. The van der Waals surface area contributed by atoms with E-state index in [1.54, 1.807) is 0 Å². The van der Waals surface area contributed by atoms with Crippen LogP contribution >= 0.6 is 15.9 Å². The van der Waals surface area contributed by atoms with E-state index < -0.39 is 33.0 Å². The van der Waals surface area contributed by atoms with Crippen LogP contribution in [0, 0.1) is 0 Å². The summed E-state index contributed by atoms with van der Waals surface area (Å²) in [6.07, 6.45) is -3.70. The van der Waals surface area contributed by atoms with Crippen LogP contribution in [0.2, 0.25) is 0 Å².